The molecule has 2 atom stereocenters. The molecule has 0 aromatic carbocycles. The molecule has 0 aliphatic carbocycles. The quantitative estimate of drug-likeness (QED) is 0.544. The molecule has 0 radical (unpaired) electrons. The van der Waals surface area contributed by atoms with Gasteiger partial charge in [-0.2, -0.15) is 0 Å². The van der Waals surface area contributed by atoms with Gasteiger partial charge < -0.3 is 20.1 Å². The van der Waals surface area contributed by atoms with E-state index in [0.29, 0.717) is 19.4 Å². The maximum Gasteiger partial charge on any atom is 0.328 e. The Labute approximate surface area is 110 Å². The van der Waals surface area contributed by atoms with Crippen LogP contribution in [0.4, 0.5) is 4.79 Å². The number of carboxylic acid groups (broad SMARTS) is 1. The normalized spacial score (nSPS) is 19.4. The van der Waals surface area contributed by atoms with Crippen molar-refractivity contribution in [3.8, 4) is 12.3 Å². The molecular weight excluding hydrogens is 252 g/mol. The SMILES string of the molecule is C#CCC(NC(=O)N1CCCC1C(=O)OC)C(=O)O. The van der Waals surface area contributed by atoms with Crippen molar-refractivity contribution in [2.24, 2.45) is 0 Å². The molecule has 1 rings (SSSR count). The van der Waals surface area contributed by atoms with Gasteiger partial charge in [-0.05, 0) is 12.8 Å². The Hall–Kier alpha value is -2.23. The van der Waals surface area contributed by atoms with Crippen molar-refractivity contribution in [3.05, 3.63) is 0 Å². The molecule has 7 nitrogen and oxygen atoms in total. The molecular formula is C12H16N2O5. The predicted molar refractivity (Wildman–Crippen MR) is 65.1 cm³/mol. The highest BCUT2D eigenvalue weighted by Crippen LogP contribution is 2.18. The molecule has 1 fully saturated rings. The minimum atomic E-state index is -1.21. The summed E-state index contributed by atoms with van der Waals surface area (Å²) in [6, 6.07) is -2.43. The van der Waals surface area contributed by atoms with Gasteiger partial charge in [-0.1, -0.05) is 0 Å². The zero-order chi connectivity index (χ0) is 14.4. The highest BCUT2D eigenvalue weighted by atomic mass is 16.5. The number of carboxylic acids is 1. The van der Waals surface area contributed by atoms with Crippen LogP contribution >= 0.6 is 0 Å². The highest BCUT2D eigenvalue weighted by molar-refractivity contribution is 5.87. The standard InChI is InChI=1S/C12H16N2O5/c1-3-5-8(10(15)16)13-12(18)14-7-4-6-9(14)11(17)19-2/h1,8-9H,4-7H2,2H3,(H,13,18)(H,15,16). The summed E-state index contributed by atoms with van der Waals surface area (Å²) < 4.78 is 4.61. The number of urea groups is 1. The first-order valence-corrected chi connectivity index (χ1v) is 5.82. The number of aliphatic carboxylic acids is 1. The first-order valence-electron chi connectivity index (χ1n) is 5.82. The molecule has 2 amide bonds. The van der Waals surface area contributed by atoms with Crippen molar-refractivity contribution in [1.29, 1.82) is 0 Å². The van der Waals surface area contributed by atoms with Crippen LogP contribution in [0.1, 0.15) is 19.3 Å². The van der Waals surface area contributed by atoms with Gasteiger partial charge in [0.1, 0.15) is 12.1 Å². The lowest BCUT2D eigenvalue weighted by Gasteiger charge is -2.24. The first-order chi connectivity index (χ1) is 9.01. The van der Waals surface area contributed by atoms with Crippen molar-refractivity contribution >= 4 is 18.0 Å². The number of methoxy groups -OCH3 is 1. The summed E-state index contributed by atoms with van der Waals surface area (Å²) in [6.07, 6.45) is 6.10. The summed E-state index contributed by atoms with van der Waals surface area (Å²) in [5.74, 6) is 0.473. The van der Waals surface area contributed by atoms with Crippen molar-refractivity contribution in [2.75, 3.05) is 13.7 Å². The number of carbonyl (C=O) groups is 3. The van der Waals surface area contributed by atoms with E-state index in [-0.39, 0.29) is 6.42 Å². The minimum absolute atomic E-state index is 0.113. The van der Waals surface area contributed by atoms with E-state index < -0.39 is 30.1 Å². The Morgan fingerprint density at radius 2 is 2.26 bits per heavy atom. The molecule has 1 aliphatic heterocycles. The first kappa shape index (κ1) is 14.8. The van der Waals surface area contributed by atoms with Crippen molar-refractivity contribution in [3.63, 3.8) is 0 Å². The second kappa shape index (κ2) is 6.64. The molecule has 0 bridgehead atoms. The fraction of sp³-hybridized carbons (Fsp3) is 0.583. The zero-order valence-corrected chi connectivity index (χ0v) is 10.6. The van der Waals surface area contributed by atoms with E-state index in [1.54, 1.807) is 0 Å². The number of nitrogens with zero attached hydrogens (tertiary/aromatic N) is 1. The van der Waals surface area contributed by atoms with Gasteiger partial charge in [0.2, 0.25) is 0 Å². The van der Waals surface area contributed by atoms with E-state index in [2.05, 4.69) is 16.0 Å². The third-order valence-corrected chi connectivity index (χ3v) is 2.90. The van der Waals surface area contributed by atoms with E-state index >= 15 is 0 Å². The molecule has 0 aromatic heterocycles. The molecule has 0 saturated carbocycles. The van der Waals surface area contributed by atoms with Gasteiger partial charge in [0, 0.05) is 13.0 Å². The Kier molecular flexibility index (Phi) is 5.18. The van der Waals surface area contributed by atoms with Crippen LogP contribution in [0, 0.1) is 12.3 Å². The molecule has 1 aliphatic rings. The van der Waals surface area contributed by atoms with Crippen molar-refractivity contribution in [1.82, 2.24) is 10.2 Å². The molecule has 2 N–H and O–H groups in total. The monoisotopic (exact) mass is 268 g/mol. The lowest BCUT2D eigenvalue weighted by molar-refractivity contribution is -0.144. The smallest absolute Gasteiger partial charge is 0.328 e. The largest absolute Gasteiger partial charge is 0.480 e. The van der Waals surface area contributed by atoms with E-state index in [0.717, 1.165) is 0 Å². The maximum atomic E-state index is 11.9. The third kappa shape index (κ3) is 3.61. The topological polar surface area (TPSA) is 95.9 Å². The Bertz CT molecular complexity index is 415. The Balaban J connectivity index is 2.69. The van der Waals surface area contributed by atoms with E-state index in [1.165, 1.54) is 12.0 Å². The fourth-order valence-electron chi connectivity index (χ4n) is 1.94. The van der Waals surface area contributed by atoms with Crippen LogP contribution in [0.2, 0.25) is 0 Å². The average Bonchev–Trinajstić information content (AvgIpc) is 2.86. The number of hydrogen-bond donors (Lipinski definition) is 2. The number of esters is 1. The zero-order valence-electron chi connectivity index (χ0n) is 10.6. The van der Waals surface area contributed by atoms with Crippen molar-refractivity contribution in [2.45, 2.75) is 31.3 Å². The highest BCUT2D eigenvalue weighted by Gasteiger charge is 2.36. The number of hydrogen-bond acceptors (Lipinski definition) is 4. The van der Waals surface area contributed by atoms with Gasteiger partial charge in [-0.15, -0.1) is 12.3 Å². The predicted octanol–water partition coefficient (Wildman–Crippen LogP) is -0.190. The minimum Gasteiger partial charge on any atom is -0.480 e. The third-order valence-electron chi connectivity index (χ3n) is 2.90. The average molecular weight is 268 g/mol. The van der Waals surface area contributed by atoms with Gasteiger partial charge in [0.25, 0.3) is 0 Å². The van der Waals surface area contributed by atoms with Crippen LogP contribution in [0.3, 0.4) is 0 Å². The van der Waals surface area contributed by atoms with Gasteiger partial charge in [0.15, 0.2) is 0 Å². The number of ether oxygens (including phenoxy) is 1. The molecule has 19 heavy (non-hydrogen) atoms. The van der Waals surface area contributed by atoms with Crippen LogP contribution in [0.5, 0.6) is 0 Å². The molecule has 2 unspecified atom stereocenters. The summed E-state index contributed by atoms with van der Waals surface area (Å²) in [7, 11) is 1.25. The summed E-state index contributed by atoms with van der Waals surface area (Å²) in [5.41, 5.74) is 0. The van der Waals surface area contributed by atoms with Gasteiger partial charge >= 0.3 is 18.0 Å². The lowest BCUT2D eigenvalue weighted by Crippen LogP contribution is -2.51. The summed E-state index contributed by atoms with van der Waals surface area (Å²) in [5, 5.41) is 11.2. The second-order valence-corrected chi connectivity index (χ2v) is 4.12. The lowest BCUT2D eigenvalue weighted by atomic mass is 10.2. The number of amides is 2. The molecule has 0 aromatic rings. The number of terminal acetylenes is 1. The van der Waals surface area contributed by atoms with E-state index in [4.69, 9.17) is 11.5 Å². The number of likely N-dealkylation sites (tertiary alicyclic amines) is 1. The van der Waals surface area contributed by atoms with Gasteiger partial charge in [-0.25, -0.2) is 14.4 Å². The van der Waals surface area contributed by atoms with E-state index in [9.17, 15) is 14.4 Å². The molecule has 1 heterocycles. The number of rotatable bonds is 4. The Morgan fingerprint density at radius 1 is 1.58 bits per heavy atom. The molecule has 7 heteroatoms. The number of carbonyl (C=O) groups excluding carboxylic acids is 2. The summed E-state index contributed by atoms with van der Waals surface area (Å²) >= 11 is 0. The maximum absolute atomic E-state index is 11.9. The van der Waals surface area contributed by atoms with Crippen LogP contribution in [-0.2, 0) is 14.3 Å². The summed E-state index contributed by atoms with van der Waals surface area (Å²) in [6.45, 7) is 0.383. The van der Waals surface area contributed by atoms with Gasteiger partial charge in [-0.3, -0.25) is 0 Å². The summed E-state index contributed by atoms with van der Waals surface area (Å²) in [4.78, 5) is 35.6. The molecule has 0 spiro atoms. The second-order valence-electron chi connectivity index (χ2n) is 4.12. The van der Waals surface area contributed by atoms with Gasteiger partial charge in [0.05, 0.1) is 7.11 Å². The number of nitrogens with one attached hydrogen (secondary N) is 1. The Morgan fingerprint density at radius 3 is 2.79 bits per heavy atom. The van der Waals surface area contributed by atoms with Crippen LogP contribution in [0.15, 0.2) is 0 Å². The van der Waals surface area contributed by atoms with Crippen LogP contribution in [-0.4, -0.2) is 53.7 Å². The van der Waals surface area contributed by atoms with Crippen LogP contribution < -0.4 is 5.32 Å². The van der Waals surface area contributed by atoms with Crippen molar-refractivity contribution < 1.29 is 24.2 Å². The fourth-order valence-corrected chi connectivity index (χ4v) is 1.94. The molecule has 104 valence electrons. The molecule has 1 saturated heterocycles. The van der Waals surface area contributed by atoms with E-state index in [1.807, 2.05) is 0 Å². The van der Waals surface area contributed by atoms with Crippen LogP contribution in [0.25, 0.3) is 0 Å².